The summed E-state index contributed by atoms with van der Waals surface area (Å²) in [7, 11) is 0. The van der Waals surface area contributed by atoms with Gasteiger partial charge in [0.05, 0.1) is 0 Å². The van der Waals surface area contributed by atoms with Gasteiger partial charge in [-0.25, -0.2) is 0 Å². The average Bonchev–Trinajstić information content (AvgIpc) is 2.40. The Morgan fingerprint density at radius 3 is 1.89 bits per heavy atom. The standard InChI is InChI=1S/C17H21N/c1-4-18-14(3)15-9-11-17(12-10-15)16-7-5-13(2)6-8-16/h5-12,14,18H,4H2,1-3H3. The maximum absolute atomic E-state index is 3.43. The first-order valence-corrected chi connectivity index (χ1v) is 6.61. The minimum atomic E-state index is 0.419. The molecular formula is C17H21N. The third kappa shape index (κ3) is 2.99. The van der Waals surface area contributed by atoms with Crippen molar-refractivity contribution in [2.45, 2.75) is 26.8 Å². The van der Waals surface area contributed by atoms with Crippen LogP contribution in [0.5, 0.6) is 0 Å². The lowest BCUT2D eigenvalue weighted by Gasteiger charge is -2.13. The number of aryl methyl sites for hydroxylation is 1. The van der Waals surface area contributed by atoms with Crippen molar-refractivity contribution in [3.63, 3.8) is 0 Å². The first-order valence-electron chi connectivity index (χ1n) is 6.61. The Balaban J connectivity index is 2.19. The van der Waals surface area contributed by atoms with Crippen molar-refractivity contribution in [2.75, 3.05) is 6.54 Å². The Kier molecular flexibility index (Phi) is 4.16. The normalized spacial score (nSPS) is 12.4. The van der Waals surface area contributed by atoms with Gasteiger partial charge in [-0.1, -0.05) is 61.0 Å². The Morgan fingerprint density at radius 1 is 0.889 bits per heavy atom. The summed E-state index contributed by atoms with van der Waals surface area (Å²) in [6.45, 7) is 7.45. The molecular weight excluding hydrogens is 218 g/mol. The lowest BCUT2D eigenvalue weighted by atomic mass is 10.0. The molecule has 0 spiro atoms. The van der Waals surface area contributed by atoms with Gasteiger partial charge in [-0.15, -0.1) is 0 Å². The van der Waals surface area contributed by atoms with Gasteiger partial charge in [0.1, 0.15) is 0 Å². The maximum atomic E-state index is 3.43. The molecule has 18 heavy (non-hydrogen) atoms. The number of benzene rings is 2. The predicted octanol–water partition coefficient (Wildman–Crippen LogP) is 4.33. The van der Waals surface area contributed by atoms with E-state index in [0.29, 0.717) is 6.04 Å². The second-order valence-corrected chi connectivity index (χ2v) is 4.77. The van der Waals surface area contributed by atoms with Crippen molar-refractivity contribution in [1.29, 1.82) is 0 Å². The summed E-state index contributed by atoms with van der Waals surface area (Å²) >= 11 is 0. The van der Waals surface area contributed by atoms with Crippen LogP contribution in [0.15, 0.2) is 48.5 Å². The van der Waals surface area contributed by atoms with E-state index in [4.69, 9.17) is 0 Å². The van der Waals surface area contributed by atoms with Gasteiger partial charge in [-0.05, 0) is 37.1 Å². The highest BCUT2D eigenvalue weighted by Crippen LogP contribution is 2.22. The Hall–Kier alpha value is -1.60. The maximum Gasteiger partial charge on any atom is 0.0291 e. The second kappa shape index (κ2) is 5.83. The minimum absolute atomic E-state index is 0.419. The highest BCUT2D eigenvalue weighted by atomic mass is 14.9. The first kappa shape index (κ1) is 12.8. The monoisotopic (exact) mass is 239 g/mol. The van der Waals surface area contributed by atoms with Crippen LogP contribution in [0.3, 0.4) is 0 Å². The van der Waals surface area contributed by atoms with Crippen molar-refractivity contribution in [3.8, 4) is 11.1 Å². The van der Waals surface area contributed by atoms with E-state index in [0.717, 1.165) is 6.54 Å². The van der Waals surface area contributed by atoms with Gasteiger partial charge in [0.2, 0.25) is 0 Å². The fourth-order valence-corrected chi connectivity index (χ4v) is 2.13. The van der Waals surface area contributed by atoms with Crippen LogP contribution >= 0.6 is 0 Å². The van der Waals surface area contributed by atoms with E-state index in [1.165, 1.54) is 22.3 Å². The van der Waals surface area contributed by atoms with E-state index in [1.54, 1.807) is 0 Å². The summed E-state index contributed by atoms with van der Waals surface area (Å²) in [5.74, 6) is 0. The molecule has 0 aliphatic heterocycles. The zero-order valence-corrected chi connectivity index (χ0v) is 11.4. The summed E-state index contributed by atoms with van der Waals surface area (Å²) in [6.07, 6.45) is 0. The van der Waals surface area contributed by atoms with Crippen LogP contribution in [0, 0.1) is 6.92 Å². The number of rotatable bonds is 4. The zero-order valence-electron chi connectivity index (χ0n) is 11.4. The summed E-state index contributed by atoms with van der Waals surface area (Å²) in [6, 6.07) is 17.9. The molecule has 0 bridgehead atoms. The number of nitrogens with one attached hydrogen (secondary N) is 1. The SMILES string of the molecule is CCNC(C)c1ccc(-c2ccc(C)cc2)cc1. The molecule has 0 fully saturated rings. The first-order chi connectivity index (χ1) is 8.70. The summed E-state index contributed by atoms with van der Waals surface area (Å²) in [5.41, 5.74) is 5.20. The second-order valence-electron chi connectivity index (χ2n) is 4.77. The number of hydrogen-bond acceptors (Lipinski definition) is 1. The van der Waals surface area contributed by atoms with Crippen LogP contribution < -0.4 is 5.32 Å². The van der Waals surface area contributed by atoms with E-state index in [2.05, 4.69) is 74.6 Å². The van der Waals surface area contributed by atoms with Crippen molar-refractivity contribution in [3.05, 3.63) is 59.7 Å². The van der Waals surface area contributed by atoms with Crippen molar-refractivity contribution >= 4 is 0 Å². The Morgan fingerprint density at radius 2 is 1.39 bits per heavy atom. The van der Waals surface area contributed by atoms with Gasteiger partial charge in [0, 0.05) is 6.04 Å². The Bertz CT molecular complexity index is 482. The molecule has 0 saturated heterocycles. The molecule has 1 nitrogen and oxygen atoms in total. The van der Waals surface area contributed by atoms with E-state index in [9.17, 15) is 0 Å². The predicted molar refractivity (Wildman–Crippen MR) is 78.7 cm³/mol. The fourth-order valence-electron chi connectivity index (χ4n) is 2.13. The largest absolute Gasteiger partial charge is 0.310 e. The number of hydrogen-bond donors (Lipinski definition) is 1. The molecule has 94 valence electrons. The molecule has 0 aliphatic rings. The van der Waals surface area contributed by atoms with E-state index >= 15 is 0 Å². The average molecular weight is 239 g/mol. The fraction of sp³-hybridized carbons (Fsp3) is 0.294. The molecule has 0 amide bonds. The molecule has 1 atom stereocenters. The minimum Gasteiger partial charge on any atom is -0.310 e. The molecule has 2 aromatic carbocycles. The highest BCUT2D eigenvalue weighted by molar-refractivity contribution is 5.64. The summed E-state index contributed by atoms with van der Waals surface area (Å²) < 4.78 is 0. The van der Waals surface area contributed by atoms with E-state index in [1.807, 2.05) is 0 Å². The van der Waals surface area contributed by atoms with Crippen molar-refractivity contribution in [1.82, 2.24) is 5.32 Å². The zero-order chi connectivity index (χ0) is 13.0. The van der Waals surface area contributed by atoms with Gasteiger partial charge in [-0.3, -0.25) is 0 Å². The topological polar surface area (TPSA) is 12.0 Å². The van der Waals surface area contributed by atoms with Crippen LogP contribution in [-0.4, -0.2) is 6.54 Å². The molecule has 2 aromatic rings. The molecule has 2 rings (SSSR count). The molecule has 0 aromatic heterocycles. The molecule has 0 saturated carbocycles. The molecule has 0 heterocycles. The van der Waals surface area contributed by atoms with Crippen LogP contribution in [0.2, 0.25) is 0 Å². The molecule has 0 radical (unpaired) electrons. The summed E-state index contributed by atoms with van der Waals surface area (Å²) in [4.78, 5) is 0. The van der Waals surface area contributed by atoms with Crippen molar-refractivity contribution < 1.29 is 0 Å². The molecule has 0 aliphatic carbocycles. The Labute approximate surface area is 110 Å². The van der Waals surface area contributed by atoms with Crippen LogP contribution in [0.1, 0.15) is 31.0 Å². The van der Waals surface area contributed by atoms with Crippen LogP contribution in [-0.2, 0) is 0 Å². The summed E-state index contributed by atoms with van der Waals surface area (Å²) in [5, 5.41) is 3.43. The van der Waals surface area contributed by atoms with Crippen LogP contribution in [0.25, 0.3) is 11.1 Å². The van der Waals surface area contributed by atoms with Gasteiger partial charge in [0.25, 0.3) is 0 Å². The smallest absolute Gasteiger partial charge is 0.0291 e. The molecule has 1 heteroatoms. The van der Waals surface area contributed by atoms with Crippen molar-refractivity contribution in [2.24, 2.45) is 0 Å². The van der Waals surface area contributed by atoms with Gasteiger partial charge < -0.3 is 5.32 Å². The third-order valence-electron chi connectivity index (χ3n) is 3.31. The van der Waals surface area contributed by atoms with Gasteiger partial charge >= 0.3 is 0 Å². The van der Waals surface area contributed by atoms with E-state index in [-0.39, 0.29) is 0 Å². The third-order valence-corrected chi connectivity index (χ3v) is 3.31. The van der Waals surface area contributed by atoms with Crippen LogP contribution in [0.4, 0.5) is 0 Å². The molecule has 1 N–H and O–H groups in total. The lowest BCUT2D eigenvalue weighted by molar-refractivity contribution is 0.598. The van der Waals surface area contributed by atoms with E-state index < -0.39 is 0 Å². The highest BCUT2D eigenvalue weighted by Gasteiger charge is 2.03. The van der Waals surface area contributed by atoms with Gasteiger partial charge in [-0.2, -0.15) is 0 Å². The van der Waals surface area contributed by atoms with Gasteiger partial charge in [0.15, 0.2) is 0 Å². The lowest BCUT2D eigenvalue weighted by Crippen LogP contribution is -2.17. The quantitative estimate of drug-likeness (QED) is 0.837. The molecule has 1 unspecified atom stereocenters.